The minimum Gasteiger partial charge on any atom is -0.484 e. The molecule has 1 atom stereocenters. The number of nitrogens with zero attached hydrogens (tertiary/aromatic N) is 1. The zero-order chi connectivity index (χ0) is 15.7. The van der Waals surface area contributed by atoms with E-state index in [1.807, 2.05) is 6.92 Å². The number of aliphatic hydroxyl groups excluding tert-OH is 2. The van der Waals surface area contributed by atoms with Crippen LogP contribution in [0.1, 0.15) is 25.3 Å². The molecule has 0 bridgehead atoms. The Morgan fingerprint density at radius 1 is 1.38 bits per heavy atom. The minimum absolute atomic E-state index is 0.0600. The van der Waals surface area contributed by atoms with E-state index in [9.17, 15) is 15.2 Å². The first-order valence-electron chi connectivity index (χ1n) is 6.85. The number of aliphatic hydroxyl groups is 2. The van der Waals surface area contributed by atoms with Crippen LogP contribution in [-0.2, 0) is 11.3 Å². The summed E-state index contributed by atoms with van der Waals surface area (Å²) < 4.78 is 10.5. The van der Waals surface area contributed by atoms with Gasteiger partial charge in [0.25, 0.3) is 0 Å². The van der Waals surface area contributed by atoms with Gasteiger partial charge in [-0.2, -0.15) is 0 Å². The van der Waals surface area contributed by atoms with E-state index < -0.39 is 11.0 Å². The van der Waals surface area contributed by atoms with Crippen molar-refractivity contribution in [3.63, 3.8) is 0 Å². The molecule has 0 aliphatic heterocycles. The third-order valence-corrected chi connectivity index (χ3v) is 2.79. The molecule has 1 aromatic carbocycles. The van der Waals surface area contributed by atoms with Crippen molar-refractivity contribution in [1.82, 2.24) is 0 Å². The molecule has 0 fully saturated rings. The van der Waals surface area contributed by atoms with E-state index in [1.165, 1.54) is 18.2 Å². The fourth-order valence-electron chi connectivity index (χ4n) is 1.63. The number of hydrogen-bond acceptors (Lipinski definition) is 6. The summed E-state index contributed by atoms with van der Waals surface area (Å²) in [5.74, 6) is 0.0600. The fourth-order valence-corrected chi connectivity index (χ4v) is 1.63. The number of nitro benzene ring substituents is 1. The van der Waals surface area contributed by atoms with Crippen LogP contribution in [0, 0.1) is 10.1 Å². The molecule has 0 aromatic heterocycles. The van der Waals surface area contributed by atoms with Gasteiger partial charge in [0.15, 0.2) is 5.75 Å². The van der Waals surface area contributed by atoms with Crippen LogP contribution in [0.4, 0.5) is 5.69 Å². The lowest BCUT2D eigenvalue weighted by Gasteiger charge is -2.13. The normalized spacial score (nSPS) is 12.1. The smallest absolute Gasteiger partial charge is 0.311 e. The summed E-state index contributed by atoms with van der Waals surface area (Å²) in [6.07, 6.45) is 1.08. The molecule has 0 heterocycles. The molecule has 0 saturated heterocycles. The highest BCUT2D eigenvalue weighted by molar-refractivity contribution is 5.48. The number of rotatable bonds is 10. The van der Waals surface area contributed by atoms with Gasteiger partial charge < -0.3 is 19.7 Å². The van der Waals surface area contributed by atoms with E-state index >= 15 is 0 Å². The summed E-state index contributed by atoms with van der Waals surface area (Å²) in [6, 6.07) is 4.19. The van der Waals surface area contributed by atoms with Crippen LogP contribution < -0.4 is 4.74 Å². The van der Waals surface area contributed by atoms with Crippen molar-refractivity contribution in [1.29, 1.82) is 0 Å². The molecule has 118 valence electrons. The van der Waals surface area contributed by atoms with Crippen LogP contribution in [0.2, 0.25) is 0 Å². The minimum atomic E-state index is -0.848. The predicted molar refractivity (Wildman–Crippen MR) is 76.2 cm³/mol. The summed E-state index contributed by atoms with van der Waals surface area (Å²) in [6.45, 7) is 2.36. The standard InChI is InChI=1S/C14H21NO6/c1-2-3-6-20-9-12(17)10-21-14-5-4-11(8-16)7-13(14)15(18)19/h4-5,7,12,16-17H,2-3,6,8-10H2,1H3. The van der Waals surface area contributed by atoms with Gasteiger partial charge in [0.1, 0.15) is 12.7 Å². The molecule has 2 N–H and O–H groups in total. The Bertz CT molecular complexity index is 451. The van der Waals surface area contributed by atoms with Gasteiger partial charge in [-0.05, 0) is 18.1 Å². The van der Waals surface area contributed by atoms with Crippen molar-refractivity contribution >= 4 is 5.69 Å². The highest BCUT2D eigenvalue weighted by atomic mass is 16.6. The Balaban J connectivity index is 2.52. The molecule has 0 radical (unpaired) electrons. The average Bonchev–Trinajstić information content (AvgIpc) is 2.49. The first kappa shape index (κ1) is 17.4. The molecule has 21 heavy (non-hydrogen) atoms. The molecular formula is C14H21NO6. The second-order valence-corrected chi connectivity index (χ2v) is 4.61. The van der Waals surface area contributed by atoms with Crippen LogP contribution in [0.3, 0.4) is 0 Å². The summed E-state index contributed by atoms with van der Waals surface area (Å²) >= 11 is 0. The summed E-state index contributed by atoms with van der Waals surface area (Å²) in [5.41, 5.74) is 0.193. The summed E-state index contributed by atoms with van der Waals surface area (Å²) in [4.78, 5) is 10.4. The fraction of sp³-hybridized carbons (Fsp3) is 0.571. The summed E-state index contributed by atoms with van der Waals surface area (Å²) in [5, 5.41) is 29.6. The Kier molecular flexibility index (Phi) is 7.66. The molecule has 1 unspecified atom stereocenters. The number of benzene rings is 1. The number of unbranched alkanes of at least 4 members (excludes halogenated alkanes) is 1. The van der Waals surface area contributed by atoms with Gasteiger partial charge in [-0.25, -0.2) is 0 Å². The monoisotopic (exact) mass is 299 g/mol. The third-order valence-electron chi connectivity index (χ3n) is 2.79. The molecule has 1 rings (SSSR count). The number of ether oxygens (including phenoxy) is 2. The van der Waals surface area contributed by atoms with Crippen molar-refractivity contribution in [2.45, 2.75) is 32.5 Å². The van der Waals surface area contributed by atoms with Crippen molar-refractivity contribution in [3.8, 4) is 5.75 Å². The van der Waals surface area contributed by atoms with E-state index in [2.05, 4.69) is 0 Å². The van der Waals surface area contributed by atoms with Crippen LogP contribution >= 0.6 is 0 Å². The van der Waals surface area contributed by atoms with Crippen molar-refractivity contribution in [3.05, 3.63) is 33.9 Å². The largest absolute Gasteiger partial charge is 0.484 e. The molecule has 0 saturated carbocycles. The molecule has 7 heteroatoms. The second kappa shape index (κ2) is 9.28. The highest BCUT2D eigenvalue weighted by Gasteiger charge is 2.17. The van der Waals surface area contributed by atoms with Gasteiger partial charge in [0.2, 0.25) is 0 Å². The van der Waals surface area contributed by atoms with Crippen LogP contribution in [0.5, 0.6) is 5.75 Å². The van der Waals surface area contributed by atoms with E-state index in [0.717, 1.165) is 12.8 Å². The van der Waals surface area contributed by atoms with Crippen LogP contribution in [0.25, 0.3) is 0 Å². The maximum Gasteiger partial charge on any atom is 0.311 e. The molecule has 0 aliphatic rings. The lowest BCUT2D eigenvalue weighted by Crippen LogP contribution is -2.24. The first-order chi connectivity index (χ1) is 10.1. The van der Waals surface area contributed by atoms with Crippen molar-refractivity contribution in [2.75, 3.05) is 19.8 Å². The first-order valence-corrected chi connectivity index (χ1v) is 6.85. The Morgan fingerprint density at radius 2 is 2.14 bits per heavy atom. The zero-order valence-corrected chi connectivity index (χ0v) is 12.0. The second-order valence-electron chi connectivity index (χ2n) is 4.61. The lowest BCUT2D eigenvalue weighted by molar-refractivity contribution is -0.386. The lowest BCUT2D eigenvalue weighted by atomic mass is 10.2. The van der Waals surface area contributed by atoms with E-state index in [1.54, 1.807) is 0 Å². The maximum atomic E-state index is 10.9. The molecule has 7 nitrogen and oxygen atoms in total. The van der Waals surface area contributed by atoms with Crippen LogP contribution in [-0.4, -0.2) is 41.1 Å². The quantitative estimate of drug-likeness (QED) is 0.387. The Hall–Kier alpha value is -1.70. The number of nitro groups is 1. The van der Waals surface area contributed by atoms with Crippen molar-refractivity contribution in [2.24, 2.45) is 0 Å². The third kappa shape index (κ3) is 6.07. The molecule has 1 aromatic rings. The van der Waals surface area contributed by atoms with E-state index in [0.29, 0.717) is 12.2 Å². The van der Waals surface area contributed by atoms with Crippen LogP contribution in [0.15, 0.2) is 18.2 Å². The van der Waals surface area contributed by atoms with Gasteiger partial charge in [0, 0.05) is 12.7 Å². The molecule has 0 amide bonds. The SMILES string of the molecule is CCCCOCC(O)COc1ccc(CO)cc1[N+](=O)[O-]. The van der Waals surface area contributed by atoms with Crippen molar-refractivity contribution < 1.29 is 24.6 Å². The van der Waals surface area contributed by atoms with Gasteiger partial charge in [-0.15, -0.1) is 0 Å². The Morgan fingerprint density at radius 3 is 2.76 bits per heavy atom. The maximum absolute atomic E-state index is 10.9. The predicted octanol–water partition coefficient (Wildman–Crippen LogP) is 1.64. The summed E-state index contributed by atoms with van der Waals surface area (Å²) in [7, 11) is 0. The molecule has 0 aliphatic carbocycles. The number of hydrogen-bond donors (Lipinski definition) is 2. The van der Waals surface area contributed by atoms with Gasteiger partial charge >= 0.3 is 5.69 Å². The van der Waals surface area contributed by atoms with E-state index in [-0.39, 0.29) is 31.3 Å². The molecular weight excluding hydrogens is 278 g/mol. The van der Waals surface area contributed by atoms with Gasteiger partial charge in [-0.1, -0.05) is 19.4 Å². The highest BCUT2D eigenvalue weighted by Crippen LogP contribution is 2.28. The van der Waals surface area contributed by atoms with Gasteiger partial charge in [0.05, 0.1) is 18.1 Å². The van der Waals surface area contributed by atoms with Gasteiger partial charge in [-0.3, -0.25) is 10.1 Å². The Labute approximate surface area is 123 Å². The zero-order valence-electron chi connectivity index (χ0n) is 12.0. The topological polar surface area (TPSA) is 102 Å². The molecule has 0 spiro atoms. The van der Waals surface area contributed by atoms with E-state index in [4.69, 9.17) is 14.6 Å². The average molecular weight is 299 g/mol.